The minimum atomic E-state index is -4.52. The first-order chi connectivity index (χ1) is 12.4. The van der Waals surface area contributed by atoms with Crippen molar-refractivity contribution in [3.05, 3.63) is 65.7 Å². The van der Waals surface area contributed by atoms with Crippen LogP contribution in [-0.2, 0) is 17.4 Å². The Morgan fingerprint density at radius 3 is 2.31 bits per heavy atom. The van der Waals surface area contributed by atoms with E-state index >= 15 is 0 Å². The smallest absolute Gasteiger partial charge is 0.329 e. The van der Waals surface area contributed by atoms with E-state index < -0.39 is 17.6 Å². The van der Waals surface area contributed by atoms with Crippen LogP contribution in [0.15, 0.2) is 54.6 Å². The molecule has 1 amide bonds. The number of benzene rings is 2. The molecule has 0 unspecified atom stereocenters. The molecule has 2 aromatic rings. The second-order valence-electron chi connectivity index (χ2n) is 5.89. The molecule has 140 valence electrons. The van der Waals surface area contributed by atoms with Crippen molar-refractivity contribution in [2.75, 3.05) is 31.5 Å². The van der Waals surface area contributed by atoms with E-state index in [0.29, 0.717) is 19.6 Å². The lowest BCUT2D eigenvalue weighted by Gasteiger charge is -2.21. The lowest BCUT2D eigenvalue weighted by molar-refractivity contribution is -0.137. The summed E-state index contributed by atoms with van der Waals surface area (Å²) >= 11 is 0. The van der Waals surface area contributed by atoms with Crippen molar-refractivity contribution in [3.8, 4) is 0 Å². The predicted octanol–water partition coefficient (Wildman–Crippen LogP) is 3.15. The summed E-state index contributed by atoms with van der Waals surface area (Å²) in [6, 6.07) is 14.7. The van der Waals surface area contributed by atoms with Gasteiger partial charge in [-0.1, -0.05) is 42.5 Å². The van der Waals surface area contributed by atoms with Gasteiger partial charge in [0, 0.05) is 19.6 Å². The molecule has 3 N–H and O–H groups in total. The Balaban J connectivity index is 1.97. The number of alkyl halides is 3. The van der Waals surface area contributed by atoms with Gasteiger partial charge in [-0.2, -0.15) is 13.2 Å². The molecule has 0 radical (unpaired) electrons. The fourth-order valence-electron chi connectivity index (χ4n) is 2.62. The van der Waals surface area contributed by atoms with Gasteiger partial charge in [-0.3, -0.25) is 9.69 Å². The normalized spacial score (nSPS) is 11.6. The topological polar surface area (TPSA) is 58.4 Å². The third kappa shape index (κ3) is 6.16. The number of amides is 1. The molecule has 2 aromatic carbocycles. The average Bonchev–Trinajstić information content (AvgIpc) is 2.60. The van der Waals surface area contributed by atoms with E-state index in [4.69, 9.17) is 5.73 Å². The van der Waals surface area contributed by atoms with Gasteiger partial charge in [0.25, 0.3) is 0 Å². The van der Waals surface area contributed by atoms with E-state index in [2.05, 4.69) is 5.32 Å². The van der Waals surface area contributed by atoms with Gasteiger partial charge in [-0.05, 0) is 24.1 Å². The highest BCUT2D eigenvalue weighted by atomic mass is 19.4. The van der Waals surface area contributed by atoms with Gasteiger partial charge >= 0.3 is 6.18 Å². The number of para-hydroxylation sites is 1. The monoisotopic (exact) mass is 365 g/mol. The molecule has 0 aliphatic rings. The summed E-state index contributed by atoms with van der Waals surface area (Å²) in [6.45, 7) is 1.42. The number of rotatable bonds is 8. The first kappa shape index (κ1) is 19.9. The average molecular weight is 365 g/mol. The van der Waals surface area contributed by atoms with E-state index in [1.54, 1.807) is 0 Å². The van der Waals surface area contributed by atoms with Crippen LogP contribution in [0.5, 0.6) is 0 Å². The molecule has 0 saturated carbocycles. The maximum Gasteiger partial charge on any atom is 0.418 e. The summed E-state index contributed by atoms with van der Waals surface area (Å²) in [5.41, 5.74) is 5.61. The van der Waals surface area contributed by atoms with Crippen molar-refractivity contribution in [1.29, 1.82) is 0 Å². The fraction of sp³-hybridized carbons (Fsp3) is 0.316. The summed E-state index contributed by atoms with van der Waals surface area (Å²) in [7, 11) is 0. The van der Waals surface area contributed by atoms with Crippen molar-refractivity contribution in [1.82, 2.24) is 4.90 Å². The maximum atomic E-state index is 13.0. The second-order valence-corrected chi connectivity index (χ2v) is 5.89. The molecular formula is C19H22F3N3O. The van der Waals surface area contributed by atoms with Crippen LogP contribution in [0.3, 0.4) is 0 Å². The zero-order chi connectivity index (χ0) is 19.0. The highest BCUT2D eigenvalue weighted by Gasteiger charge is 2.33. The Morgan fingerprint density at radius 1 is 1.00 bits per heavy atom. The highest BCUT2D eigenvalue weighted by Crippen LogP contribution is 2.34. The van der Waals surface area contributed by atoms with Crippen LogP contribution in [-0.4, -0.2) is 37.0 Å². The largest absolute Gasteiger partial charge is 0.418 e. The molecule has 2 rings (SSSR count). The van der Waals surface area contributed by atoms with Crippen molar-refractivity contribution in [2.24, 2.45) is 5.73 Å². The van der Waals surface area contributed by atoms with Crippen LogP contribution in [0.2, 0.25) is 0 Å². The Bertz CT molecular complexity index is 705. The van der Waals surface area contributed by atoms with Gasteiger partial charge in [0.05, 0.1) is 17.8 Å². The third-order valence-electron chi connectivity index (χ3n) is 3.88. The fourth-order valence-corrected chi connectivity index (χ4v) is 2.62. The lowest BCUT2D eigenvalue weighted by atomic mass is 10.1. The molecule has 7 heteroatoms. The quantitative estimate of drug-likeness (QED) is 0.756. The van der Waals surface area contributed by atoms with E-state index in [1.807, 2.05) is 35.2 Å². The van der Waals surface area contributed by atoms with E-state index in [-0.39, 0.29) is 12.2 Å². The van der Waals surface area contributed by atoms with Crippen LogP contribution in [0, 0.1) is 0 Å². The molecular weight excluding hydrogens is 343 g/mol. The molecule has 0 bridgehead atoms. The summed E-state index contributed by atoms with van der Waals surface area (Å²) in [4.78, 5) is 14.1. The van der Waals surface area contributed by atoms with Crippen molar-refractivity contribution >= 4 is 11.6 Å². The number of nitrogens with one attached hydrogen (secondary N) is 1. The molecule has 0 saturated heterocycles. The number of anilines is 1. The summed E-state index contributed by atoms with van der Waals surface area (Å²) in [5.74, 6) is -0.497. The zero-order valence-electron chi connectivity index (χ0n) is 14.3. The van der Waals surface area contributed by atoms with Crippen LogP contribution in [0.4, 0.5) is 18.9 Å². The first-order valence-electron chi connectivity index (χ1n) is 8.32. The first-order valence-corrected chi connectivity index (χ1v) is 8.32. The zero-order valence-corrected chi connectivity index (χ0v) is 14.3. The lowest BCUT2D eigenvalue weighted by Crippen LogP contribution is -2.38. The minimum Gasteiger partial charge on any atom is -0.329 e. The number of hydrogen-bond acceptors (Lipinski definition) is 3. The van der Waals surface area contributed by atoms with Crippen molar-refractivity contribution < 1.29 is 18.0 Å². The Hall–Kier alpha value is -2.38. The number of nitrogens with zero attached hydrogens (tertiary/aromatic N) is 1. The Kier molecular flexibility index (Phi) is 7.17. The third-order valence-corrected chi connectivity index (χ3v) is 3.88. The summed E-state index contributed by atoms with van der Waals surface area (Å²) < 4.78 is 39.0. The number of carbonyl (C=O) groups excluding carboxylic acids is 1. The van der Waals surface area contributed by atoms with E-state index in [0.717, 1.165) is 18.1 Å². The molecule has 4 nitrogen and oxygen atoms in total. The number of carbonyl (C=O) groups is 1. The Labute approximate surface area is 150 Å². The van der Waals surface area contributed by atoms with Gasteiger partial charge in [0.1, 0.15) is 0 Å². The van der Waals surface area contributed by atoms with Crippen molar-refractivity contribution in [2.45, 2.75) is 12.6 Å². The minimum absolute atomic E-state index is 0.0176. The van der Waals surface area contributed by atoms with E-state index in [1.165, 1.54) is 18.2 Å². The van der Waals surface area contributed by atoms with Crippen LogP contribution in [0.25, 0.3) is 0 Å². The molecule has 0 aliphatic carbocycles. The standard InChI is InChI=1S/C19H22F3N3O/c20-19(21,22)16-8-4-5-9-17(16)24-18(26)14-25(13-11-23)12-10-15-6-2-1-3-7-15/h1-9H,10-14,23H2,(H,24,26). The molecule has 0 spiro atoms. The van der Waals surface area contributed by atoms with Gasteiger partial charge in [-0.15, -0.1) is 0 Å². The molecule has 0 aromatic heterocycles. The second kappa shape index (κ2) is 9.35. The number of halogens is 3. The van der Waals surface area contributed by atoms with Crippen LogP contribution in [0.1, 0.15) is 11.1 Å². The highest BCUT2D eigenvalue weighted by molar-refractivity contribution is 5.93. The maximum absolute atomic E-state index is 13.0. The molecule has 0 fully saturated rings. The molecule has 26 heavy (non-hydrogen) atoms. The predicted molar refractivity (Wildman–Crippen MR) is 95.7 cm³/mol. The summed E-state index contributed by atoms with van der Waals surface area (Å²) in [6.07, 6.45) is -3.79. The van der Waals surface area contributed by atoms with E-state index in [9.17, 15) is 18.0 Å². The van der Waals surface area contributed by atoms with Gasteiger partial charge in [0.15, 0.2) is 0 Å². The molecule has 0 atom stereocenters. The SMILES string of the molecule is NCCN(CCc1ccccc1)CC(=O)Nc1ccccc1C(F)(F)F. The van der Waals surface area contributed by atoms with Gasteiger partial charge in [0.2, 0.25) is 5.91 Å². The number of hydrogen-bond donors (Lipinski definition) is 2. The molecule has 0 heterocycles. The van der Waals surface area contributed by atoms with Crippen LogP contribution < -0.4 is 11.1 Å². The number of nitrogens with two attached hydrogens (primary N) is 1. The van der Waals surface area contributed by atoms with Gasteiger partial charge in [-0.25, -0.2) is 0 Å². The summed E-state index contributed by atoms with van der Waals surface area (Å²) in [5, 5.41) is 2.36. The van der Waals surface area contributed by atoms with Gasteiger partial charge < -0.3 is 11.1 Å². The van der Waals surface area contributed by atoms with Crippen molar-refractivity contribution in [3.63, 3.8) is 0 Å². The Morgan fingerprint density at radius 2 is 1.65 bits per heavy atom. The molecule has 0 aliphatic heterocycles. The van der Waals surface area contributed by atoms with Crippen LogP contribution >= 0.6 is 0 Å².